The fourth-order valence-electron chi connectivity index (χ4n) is 2.16. The Hall–Kier alpha value is -2.46. The van der Waals surface area contributed by atoms with Crippen molar-refractivity contribution in [3.63, 3.8) is 0 Å². The summed E-state index contributed by atoms with van der Waals surface area (Å²) in [5.41, 5.74) is 2.50. The molecule has 5 heteroatoms. The largest absolute Gasteiger partial charge is 0.325 e. The minimum atomic E-state index is -0.321. The van der Waals surface area contributed by atoms with Crippen LogP contribution in [0, 0.1) is 6.92 Å². The lowest BCUT2D eigenvalue weighted by Crippen LogP contribution is -2.14. The predicted molar refractivity (Wildman–Crippen MR) is 94.8 cm³/mol. The second-order valence-electron chi connectivity index (χ2n) is 5.59. The maximum Gasteiger partial charge on any atom is 0.224 e. The summed E-state index contributed by atoms with van der Waals surface area (Å²) in [5, 5.41) is 2.99. The Bertz CT molecular complexity index is 782. The molecule has 0 spiro atoms. The highest BCUT2D eigenvalue weighted by atomic mass is 35.5. The topological polar surface area (TPSA) is 63.2 Å². The number of hydrogen-bond donors (Lipinski definition) is 1. The highest BCUT2D eigenvalue weighted by Crippen LogP contribution is 2.23. The van der Waals surface area contributed by atoms with E-state index in [1.54, 1.807) is 24.3 Å². The number of halogens is 1. The lowest BCUT2D eigenvalue weighted by atomic mass is 10.0. The Balaban J connectivity index is 1.96. The summed E-state index contributed by atoms with van der Waals surface area (Å²) in [5.74, 6) is -0.525. The second kappa shape index (κ2) is 7.88. The van der Waals surface area contributed by atoms with Crippen LogP contribution in [0.5, 0.6) is 0 Å². The molecule has 0 bridgehead atoms. The number of aryl methyl sites for hydroxylation is 1. The molecule has 0 unspecified atom stereocenters. The van der Waals surface area contributed by atoms with Crippen molar-refractivity contribution in [2.24, 2.45) is 0 Å². The molecule has 0 heterocycles. The molecule has 1 N–H and O–H groups in total. The molecule has 0 aromatic heterocycles. The molecule has 2 aromatic rings. The van der Waals surface area contributed by atoms with Gasteiger partial charge in [0.15, 0.2) is 11.6 Å². The molecule has 124 valence electrons. The molecule has 1 amide bonds. The quantitative estimate of drug-likeness (QED) is 0.788. The van der Waals surface area contributed by atoms with Crippen LogP contribution in [-0.2, 0) is 4.79 Å². The molecule has 2 aromatic carbocycles. The molecular weight excluding hydrogens is 326 g/mol. The van der Waals surface area contributed by atoms with Crippen LogP contribution in [0.3, 0.4) is 0 Å². The number of rotatable bonds is 6. The van der Waals surface area contributed by atoms with Crippen molar-refractivity contribution in [3.8, 4) is 0 Å². The molecule has 0 aliphatic heterocycles. The minimum absolute atomic E-state index is 0.0489. The van der Waals surface area contributed by atoms with E-state index in [1.165, 1.54) is 13.0 Å². The monoisotopic (exact) mass is 343 g/mol. The highest BCUT2D eigenvalue weighted by molar-refractivity contribution is 6.33. The Morgan fingerprint density at radius 2 is 1.58 bits per heavy atom. The molecule has 0 aliphatic carbocycles. The third-order valence-electron chi connectivity index (χ3n) is 3.60. The van der Waals surface area contributed by atoms with Crippen molar-refractivity contribution in [1.82, 2.24) is 0 Å². The van der Waals surface area contributed by atoms with Crippen molar-refractivity contribution >= 4 is 34.8 Å². The number of amides is 1. The van der Waals surface area contributed by atoms with Gasteiger partial charge in [-0.2, -0.15) is 0 Å². The van der Waals surface area contributed by atoms with Gasteiger partial charge in [-0.25, -0.2) is 0 Å². The third kappa shape index (κ3) is 4.77. The smallest absolute Gasteiger partial charge is 0.224 e. The van der Waals surface area contributed by atoms with Crippen molar-refractivity contribution in [1.29, 1.82) is 0 Å². The number of ketones is 2. The number of carbonyl (C=O) groups excluding carboxylic acids is 3. The number of nitrogens with one attached hydrogen (secondary N) is 1. The summed E-state index contributed by atoms with van der Waals surface area (Å²) in [6.07, 6.45) is 0.159. The van der Waals surface area contributed by atoms with E-state index in [0.29, 0.717) is 21.8 Å². The second-order valence-corrected chi connectivity index (χ2v) is 6.00. The standard InChI is InChI=1S/C19H18ClNO3/c1-12-3-5-14(6-4-12)18(23)9-10-19(24)21-17-11-15(13(2)22)7-8-16(17)20/h3-8,11H,9-10H2,1-2H3,(H,21,24). The Kier molecular flexibility index (Phi) is 5.88. The van der Waals surface area contributed by atoms with Crippen LogP contribution in [0.1, 0.15) is 46.0 Å². The summed E-state index contributed by atoms with van der Waals surface area (Å²) in [7, 11) is 0. The van der Waals surface area contributed by atoms with E-state index in [1.807, 2.05) is 19.1 Å². The van der Waals surface area contributed by atoms with Gasteiger partial charge < -0.3 is 5.32 Å². The average molecular weight is 344 g/mol. The SMILES string of the molecule is CC(=O)c1ccc(Cl)c(NC(=O)CCC(=O)c2ccc(C)cc2)c1. The van der Waals surface area contributed by atoms with Crippen molar-refractivity contribution < 1.29 is 14.4 Å². The summed E-state index contributed by atoms with van der Waals surface area (Å²) in [6.45, 7) is 3.38. The number of carbonyl (C=O) groups is 3. The van der Waals surface area contributed by atoms with Gasteiger partial charge in [-0.3, -0.25) is 14.4 Å². The van der Waals surface area contributed by atoms with Gasteiger partial charge in [-0.1, -0.05) is 41.4 Å². The van der Waals surface area contributed by atoms with E-state index in [2.05, 4.69) is 5.32 Å². The lowest BCUT2D eigenvalue weighted by molar-refractivity contribution is -0.116. The Morgan fingerprint density at radius 3 is 2.21 bits per heavy atom. The zero-order valence-electron chi connectivity index (χ0n) is 13.6. The van der Waals surface area contributed by atoms with Crippen LogP contribution in [-0.4, -0.2) is 17.5 Å². The van der Waals surface area contributed by atoms with Crippen LogP contribution in [0.2, 0.25) is 5.02 Å². The van der Waals surface area contributed by atoms with Gasteiger partial charge in [0.1, 0.15) is 0 Å². The molecule has 4 nitrogen and oxygen atoms in total. The molecule has 0 aliphatic rings. The molecular formula is C19H18ClNO3. The first kappa shape index (κ1) is 17.9. The highest BCUT2D eigenvalue weighted by Gasteiger charge is 2.12. The molecule has 0 fully saturated rings. The van der Waals surface area contributed by atoms with Gasteiger partial charge >= 0.3 is 0 Å². The summed E-state index contributed by atoms with van der Waals surface area (Å²) in [6, 6.07) is 11.9. The first-order valence-corrected chi connectivity index (χ1v) is 7.95. The predicted octanol–water partition coefficient (Wildman–Crippen LogP) is 4.45. The van der Waals surface area contributed by atoms with Crippen LogP contribution in [0.15, 0.2) is 42.5 Å². The normalized spacial score (nSPS) is 10.3. The fraction of sp³-hybridized carbons (Fsp3) is 0.211. The van der Waals surface area contributed by atoms with Gasteiger partial charge in [0, 0.05) is 24.0 Å². The number of Topliss-reactive ketones (excluding diaryl/α,β-unsaturated/α-hetero) is 2. The van der Waals surface area contributed by atoms with E-state index < -0.39 is 0 Å². The van der Waals surface area contributed by atoms with Crippen LogP contribution < -0.4 is 5.32 Å². The lowest BCUT2D eigenvalue weighted by Gasteiger charge is -2.08. The van der Waals surface area contributed by atoms with Crippen LogP contribution in [0.25, 0.3) is 0 Å². The van der Waals surface area contributed by atoms with Gasteiger partial charge in [-0.05, 0) is 32.0 Å². The zero-order chi connectivity index (χ0) is 17.7. The van der Waals surface area contributed by atoms with E-state index in [4.69, 9.17) is 11.6 Å². The molecule has 0 saturated carbocycles. The summed E-state index contributed by atoms with van der Waals surface area (Å²) >= 11 is 6.03. The van der Waals surface area contributed by atoms with Gasteiger partial charge in [0.2, 0.25) is 5.91 Å². The van der Waals surface area contributed by atoms with E-state index in [9.17, 15) is 14.4 Å². The van der Waals surface area contributed by atoms with E-state index >= 15 is 0 Å². The van der Waals surface area contributed by atoms with Crippen molar-refractivity contribution in [3.05, 3.63) is 64.2 Å². The first-order chi connectivity index (χ1) is 11.4. The molecule has 0 atom stereocenters. The maximum atomic E-state index is 12.1. The van der Waals surface area contributed by atoms with Gasteiger partial charge in [-0.15, -0.1) is 0 Å². The fourth-order valence-corrected chi connectivity index (χ4v) is 2.33. The molecule has 0 saturated heterocycles. The van der Waals surface area contributed by atoms with Gasteiger partial charge in [0.25, 0.3) is 0 Å². The average Bonchev–Trinajstić information content (AvgIpc) is 2.55. The molecule has 2 rings (SSSR count). The van der Waals surface area contributed by atoms with Gasteiger partial charge in [0.05, 0.1) is 10.7 Å². The zero-order valence-corrected chi connectivity index (χ0v) is 14.3. The number of hydrogen-bond acceptors (Lipinski definition) is 3. The van der Waals surface area contributed by atoms with Crippen molar-refractivity contribution in [2.45, 2.75) is 26.7 Å². The summed E-state index contributed by atoms with van der Waals surface area (Å²) < 4.78 is 0. The third-order valence-corrected chi connectivity index (χ3v) is 3.93. The molecule has 0 radical (unpaired) electrons. The van der Waals surface area contributed by atoms with Crippen LogP contribution in [0.4, 0.5) is 5.69 Å². The minimum Gasteiger partial charge on any atom is -0.325 e. The summed E-state index contributed by atoms with van der Waals surface area (Å²) in [4.78, 5) is 35.5. The maximum absolute atomic E-state index is 12.1. The van der Waals surface area contributed by atoms with E-state index in [0.717, 1.165) is 5.56 Å². The number of benzene rings is 2. The Morgan fingerprint density at radius 1 is 0.958 bits per heavy atom. The van der Waals surface area contributed by atoms with E-state index in [-0.39, 0.29) is 30.3 Å². The van der Waals surface area contributed by atoms with Crippen LogP contribution >= 0.6 is 11.6 Å². The number of anilines is 1. The van der Waals surface area contributed by atoms with Crippen molar-refractivity contribution in [2.75, 3.05) is 5.32 Å². The first-order valence-electron chi connectivity index (χ1n) is 7.57. The Labute approximate surface area is 145 Å². The molecule has 24 heavy (non-hydrogen) atoms.